The highest BCUT2D eigenvalue weighted by molar-refractivity contribution is 6.33. The molecule has 1 heterocycles. The van der Waals surface area contributed by atoms with E-state index < -0.39 is 0 Å². The number of nitrogens with zero attached hydrogens (tertiary/aromatic N) is 1. The number of anilines is 2. The van der Waals surface area contributed by atoms with Crippen molar-refractivity contribution >= 4 is 23.0 Å². The zero-order chi connectivity index (χ0) is 11.1. The van der Waals surface area contributed by atoms with Crippen molar-refractivity contribution in [3.05, 3.63) is 23.2 Å². The topological polar surface area (TPSA) is 29.3 Å². The van der Waals surface area contributed by atoms with Gasteiger partial charge in [0.05, 0.1) is 16.4 Å². The molecular weight excluding hydrogens is 208 g/mol. The summed E-state index contributed by atoms with van der Waals surface area (Å²) in [5, 5.41) is 0.648. The van der Waals surface area contributed by atoms with E-state index in [2.05, 4.69) is 18.7 Å². The number of nitrogens with two attached hydrogens (primary N) is 1. The fourth-order valence-corrected chi connectivity index (χ4v) is 2.48. The Hall–Kier alpha value is -0.890. The lowest BCUT2D eigenvalue weighted by atomic mass is 10.0. The van der Waals surface area contributed by atoms with Crippen LogP contribution in [0.1, 0.15) is 26.7 Å². The van der Waals surface area contributed by atoms with Crippen molar-refractivity contribution in [1.82, 2.24) is 0 Å². The molecule has 0 saturated carbocycles. The molecule has 2 N–H and O–H groups in total. The lowest BCUT2D eigenvalue weighted by Crippen LogP contribution is -2.38. The normalized spacial score (nSPS) is 19.5. The first-order chi connectivity index (χ1) is 7.02. The number of rotatable bonds is 1. The van der Waals surface area contributed by atoms with Gasteiger partial charge in [0.15, 0.2) is 0 Å². The maximum atomic E-state index is 6.03. The van der Waals surface area contributed by atoms with Crippen LogP contribution in [0.3, 0.4) is 0 Å². The van der Waals surface area contributed by atoms with Gasteiger partial charge in [-0.15, -0.1) is 0 Å². The van der Waals surface area contributed by atoms with Crippen molar-refractivity contribution in [3.63, 3.8) is 0 Å². The van der Waals surface area contributed by atoms with Gasteiger partial charge < -0.3 is 10.6 Å². The van der Waals surface area contributed by atoms with Crippen molar-refractivity contribution in [1.29, 1.82) is 0 Å². The third-order valence-electron chi connectivity index (χ3n) is 3.22. The van der Waals surface area contributed by atoms with E-state index in [9.17, 15) is 0 Å². The maximum absolute atomic E-state index is 6.03. The second-order valence-electron chi connectivity index (χ2n) is 4.74. The van der Waals surface area contributed by atoms with Crippen molar-refractivity contribution in [3.8, 4) is 0 Å². The van der Waals surface area contributed by atoms with Crippen LogP contribution in [0.4, 0.5) is 11.4 Å². The molecule has 1 aromatic carbocycles. The predicted octanol–water partition coefficient (Wildman–Crippen LogP) is 3.30. The predicted molar refractivity (Wildman–Crippen MR) is 66.5 cm³/mol. The van der Waals surface area contributed by atoms with Gasteiger partial charge in [-0.2, -0.15) is 0 Å². The molecule has 1 saturated heterocycles. The molecule has 0 bridgehead atoms. The van der Waals surface area contributed by atoms with Crippen LogP contribution in [0.15, 0.2) is 18.2 Å². The summed E-state index contributed by atoms with van der Waals surface area (Å²) < 4.78 is 0. The van der Waals surface area contributed by atoms with E-state index >= 15 is 0 Å². The number of nitrogen functional groups attached to an aromatic ring is 1. The molecule has 0 unspecified atom stereocenters. The van der Waals surface area contributed by atoms with Crippen LogP contribution in [0, 0.1) is 0 Å². The van der Waals surface area contributed by atoms with Crippen molar-refractivity contribution in [2.45, 2.75) is 32.2 Å². The third kappa shape index (κ3) is 1.78. The van der Waals surface area contributed by atoms with Gasteiger partial charge in [-0.1, -0.05) is 17.7 Å². The van der Waals surface area contributed by atoms with Gasteiger partial charge in [0.25, 0.3) is 0 Å². The number of benzene rings is 1. The highest BCUT2D eigenvalue weighted by Gasteiger charge is 2.33. The first-order valence-electron chi connectivity index (χ1n) is 5.34. The minimum Gasteiger partial charge on any atom is -0.396 e. The van der Waals surface area contributed by atoms with Gasteiger partial charge in [0.2, 0.25) is 0 Å². The summed E-state index contributed by atoms with van der Waals surface area (Å²) in [7, 11) is 0. The first kappa shape index (κ1) is 10.6. The molecule has 2 nitrogen and oxygen atoms in total. The molecule has 1 fully saturated rings. The quantitative estimate of drug-likeness (QED) is 0.742. The highest BCUT2D eigenvalue weighted by Crippen LogP contribution is 2.38. The summed E-state index contributed by atoms with van der Waals surface area (Å²) in [6.45, 7) is 5.57. The lowest BCUT2D eigenvalue weighted by molar-refractivity contribution is 0.518. The van der Waals surface area contributed by atoms with E-state index in [-0.39, 0.29) is 5.54 Å². The van der Waals surface area contributed by atoms with E-state index in [4.69, 9.17) is 17.3 Å². The minimum atomic E-state index is 0.193. The fourth-order valence-electron chi connectivity index (χ4n) is 2.31. The molecule has 2 rings (SSSR count). The lowest BCUT2D eigenvalue weighted by Gasteiger charge is -2.34. The average molecular weight is 225 g/mol. The molecule has 1 aliphatic rings. The van der Waals surface area contributed by atoms with E-state index in [1.54, 1.807) is 0 Å². The van der Waals surface area contributed by atoms with E-state index in [1.165, 1.54) is 12.8 Å². The summed E-state index contributed by atoms with van der Waals surface area (Å²) in [6.07, 6.45) is 2.43. The number of hydrogen-bond acceptors (Lipinski definition) is 2. The van der Waals surface area contributed by atoms with Crippen LogP contribution in [-0.2, 0) is 0 Å². The summed E-state index contributed by atoms with van der Waals surface area (Å²) in [4.78, 5) is 2.36. The number of hydrogen-bond donors (Lipinski definition) is 1. The Morgan fingerprint density at radius 2 is 2.13 bits per heavy atom. The molecular formula is C12H17ClN2. The number of para-hydroxylation sites is 1. The largest absolute Gasteiger partial charge is 0.396 e. The summed E-state index contributed by atoms with van der Waals surface area (Å²) in [5.41, 5.74) is 7.98. The van der Waals surface area contributed by atoms with Gasteiger partial charge in [-0.25, -0.2) is 0 Å². The van der Waals surface area contributed by atoms with E-state index in [0.717, 1.165) is 12.2 Å². The van der Waals surface area contributed by atoms with Gasteiger partial charge in [-0.3, -0.25) is 0 Å². The van der Waals surface area contributed by atoms with Crippen molar-refractivity contribution < 1.29 is 0 Å². The van der Waals surface area contributed by atoms with Crippen LogP contribution >= 0.6 is 11.6 Å². The monoisotopic (exact) mass is 224 g/mol. The van der Waals surface area contributed by atoms with Crippen LogP contribution in [0.25, 0.3) is 0 Å². The zero-order valence-electron chi connectivity index (χ0n) is 9.26. The van der Waals surface area contributed by atoms with Gasteiger partial charge in [-0.05, 0) is 38.8 Å². The van der Waals surface area contributed by atoms with Crippen LogP contribution in [0.5, 0.6) is 0 Å². The molecule has 15 heavy (non-hydrogen) atoms. The molecule has 0 atom stereocenters. The Morgan fingerprint density at radius 3 is 2.73 bits per heavy atom. The fraction of sp³-hybridized carbons (Fsp3) is 0.500. The molecule has 0 spiro atoms. The summed E-state index contributed by atoms with van der Waals surface area (Å²) in [6, 6.07) is 5.85. The van der Waals surface area contributed by atoms with Gasteiger partial charge >= 0.3 is 0 Å². The van der Waals surface area contributed by atoms with Crippen LogP contribution in [-0.4, -0.2) is 12.1 Å². The molecule has 3 heteroatoms. The Bertz CT molecular complexity index is 374. The van der Waals surface area contributed by atoms with E-state index in [1.807, 2.05) is 18.2 Å². The Kier molecular flexibility index (Phi) is 2.55. The molecule has 0 aliphatic carbocycles. The maximum Gasteiger partial charge on any atom is 0.0741 e. The third-order valence-corrected chi connectivity index (χ3v) is 3.55. The summed E-state index contributed by atoms with van der Waals surface area (Å²) >= 11 is 6.03. The standard InChI is InChI=1S/C12H17ClN2/c1-12(2)7-4-8-15(12)10-6-3-5-9(13)11(10)14/h3,5-6H,4,7-8,14H2,1-2H3. The zero-order valence-corrected chi connectivity index (χ0v) is 10.0. The molecule has 0 amide bonds. The summed E-state index contributed by atoms with van der Waals surface area (Å²) in [5.74, 6) is 0. The first-order valence-corrected chi connectivity index (χ1v) is 5.72. The minimum absolute atomic E-state index is 0.193. The average Bonchev–Trinajstić information content (AvgIpc) is 2.50. The molecule has 1 aliphatic heterocycles. The Morgan fingerprint density at radius 1 is 1.40 bits per heavy atom. The van der Waals surface area contributed by atoms with Gasteiger partial charge in [0.1, 0.15) is 0 Å². The Balaban J connectivity index is 2.41. The van der Waals surface area contributed by atoms with Gasteiger partial charge in [0, 0.05) is 12.1 Å². The smallest absolute Gasteiger partial charge is 0.0741 e. The highest BCUT2D eigenvalue weighted by atomic mass is 35.5. The molecule has 0 radical (unpaired) electrons. The number of halogens is 1. The van der Waals surface area contributed by atoms with E-state index in [0.29, 0.717) is 10.7 Å². The van der Waals surface area contributed by atoms with Crippen molar-refractivity contribution in [2.75, 3.05) is 17.2 Å². The van der Waals surface area contributed by atoms with Crippen LogP contribution < -0.4 is 10.6 Å². The second kappa shape index (κ2) is 3.60. The molecule has 0 aromatic heterocycles. The Labute approximate surface area is 96.0 Å². The molecule has 1 aromatic rings. The van der Waals surface area contributed by atoms with Crippen molar-refractivity contribution in [2.24, 2.45) is 0 Å². The van der Waals surface area contributed by atoms with Crippen LogP contribution in [0.2, 0.25) is 5.02 Å². The second-order valence-corrected chi connectivity index (χ2v) is 5.15. The molecule has 82 valence electrons. The SMILES string of the molecule is CC1(C)CCCN1c1cccc(Cl)c1N.